The van der Waals surface area contributed by atoms with Crippen LogP contribution in [0.5, 0.6) is 0 Å². The highest BCUT2D eigenvalue weighted by atomic mass is 31.1. The molecule has 0 aromatic rings. The van der Waals surface area contributed by atoms with E-state index in [0.29, 0.717) is 13.2 Å². The van der Waals surface area contributed by atoms with Gasteiger partial charge in [0, 0.05) is 0 Å². The standard InChI is InChI=1S/C5H14N2.C4H11O3P/c1-2-7-5-3-4-6;1-3-6-8(5)7-4-2/h7H,2-6H2,1H3;8H,3-4H2,1-2H3. The molecular formula is C9H25N2O3P. The third kappa shape index (κ3) is 20.2. The SMILES string of the molecule is CCNCCCN.CCO[PH](=O)OCC. The fraction of sp³-hybridized carbons (Fsp3) is 1.00. The van der Waals surface area contributed by atoms with Crippen LogP contribution in [0.4, 0.5) is 0 Å². The molecule has 0 fully saturated rings. The summed E-state index contributed by atoms with van der Waals surface area (Å²) in [5.74, 6) is 0. The second-order valence-electron chi connectivity index (χ2n) is 2.61. The maximum Gasteiger partial charge on any atom is 0.319 e. The Morgan fingerprint density at radius 1 is 1.20 bits per heavy atom. The van der Waals surface area contributed by atoms with Gasteiger partial charge in [0.15, 0.2) is 0 Å². The highest BCUT2D eigenvalue weighted by Gasteiger charge is 1.91. The van der Waals surface area contributed by atoms with E-state index in [-0.39, 0.29) is 0 Å². The molecule has 94 valence electrons. The summed E-state index contributed by atoms with van der Waals surface area (Å²) in [6.07, 6.45) is 1.09. The molecule has 5 nitrogen and oxygen atoms in total. The predicted octanol–water partition coefficient (Wildman–Crippen LogP) is 1.39. The molecule has 6 heteroatoms. The third-order valence-electron chi connectivity index (χ3n) is 1.33. The summed E-state index contributed by atoms with van der Waals surface area (Å²) in [5.41, 5.74) is 5.23. The minimum Gasteiger partial charge on any atom is -0.330 e. The van der Waals surface area contributed by atoms with Crippen molar-refractivity contribution in [2.45, 2.75) is 27.2 Å². The van der Waals surface area contributed by atoms with Crippen molar-refractivity contribution in [1.82, 2.24) is 5.32 Å². The Bertz CT molecular complexity index is 125. The number of hydrogen-bond acceptors (Lipinski definition) is 5. The van der Waals surface area contributed by atoms with Crippen LogP contribution in [0, 0.1) is 0 Å². The summed E-state index contributed by atoms with van der Waals surface area (Å²) in [6, 6.07) is 0. The molecule has 0 amide bonds. The first-order valence-corrected chi connectivity index (χ1v) is 6.65. The molecule has 0 aliphatic rings. The summed E-state index contributed by atoms with van der Waals surface area (Å²) in [7, 11) is -2.14. The van der Waals surface area contributed by atoms with Gasteiger partial charge in [-0.05, 0) is 39.9 Å². The van der Waals surface area contributed by atoms with Gasteiger partial charge in [-0.1, -0.05) is 6.92 Å². The second kappa shape index (κ2) is 16.5. The van der Waals surface area contributed by atoms with Crippen LogP contribution in [-0.2, 0) is 13.6 Å². The Balaban J connectivity index is 0. The zero-order valence-corrected chi connectivity index (χ0v) is 11.0. The lowest BCUT2D eigenvalue weighted by Gasteiger charge is -1.97. The van der Waals surface area contributed by atoms with E-state index in [4.69, 9.17) is 5.73 Å². The zero-order chi connectivity index (χ0) is 11.9. The van der Waals surface area contributed by atoms with Crippen LogP contribution >= 0.6 is 8.25 Å². The third-order valence-corrected chi connectivity index (χ3v) is 2.38. The van der Waals surface area contributed by atoms with Gasteiger partial charge in [0.05, 0.1) is 13.2 Å². The molecule has 0 rings (SSSR count). The Labute approximate surface area is 93.7 Å². The fourth-order valence-corrected chi connectivity index (χ4v) is 1.24. The highest BCUT2D eigenvalue weighted by Crippen LogP contribution is 2.21. The molecule has 0 unspecified atom stereocenters. The smallest absolute Gasteiger partial charge is 0.319 e. The van der Waals surface area contributed by atoms with Gasteiger partial charge in [0.1, 0.15) is 0 Å². The molecule has 0 aromatic carbocycles. The van der Waals surface area contributed by atoms with Gasteiger partial charge in [0.25, 0.3) is 0 Å². The van der Waals surface area contributed by atoms with Crippen LogP contribution in [0.25, 0.3) is 0 Å². The lowest BCUT2D eigenvalue weighted by Crippen LogP contribution is -2.17. The van der Waals surface area contributed by atoms with Crippen LogP contribution in [0.15, 0.2) is 0 Å². The van der Waals surface area contributed by atoms with Crippen molar-refractivity contribution < 1.29 is 13.6 Å². The molecule has 0 saturated carbocycles. The minimum atomic E-state index is -2.14. The summed E-state index contributed by atoms with van der Waals surface area (Å²) >= 11 is 0. The molecule has 0 spiro atoms. The molecule has 0 saturated heterocycles. The van der Waals surface area contributed by atoms with Gasteiger partial charge in [0.2, 0.25) is 0 Å². The predicted molar refractivity (Wildman–Crippen MR) is 64.5 cm³/mol. The van der Waals surface area contributed by atoms with Crippen LogP contribution in [0.2, 0.25) is 0 Å². The van der Waals surface area contributed by atoms with E-state index in [9.17, 15) is 4.57 Å². The first kappa shape index (κ1) is 17.5. The van der Waals surface area contributed by atoms with E-state index in [2.05, 4.69) is 21.3 Å². The van der Waals surface area contributed by atoms with Gasteiger partial charge in [-0.15, -0.1) is 0 Å². The molecule has 0 aliphatic heterocycles. The maximum atomic E-state index is 10.4. The lowest BCUT2D eigenvalue weighted by atomic mass is 10.4. The average molecular weight is 240 g/mol. The van der Waals surface area contributed by atoms with E-state index >= 15 is 0 Å². The van der Waals surface area contributed by atoms with Gasteiger partial charge in [-0.3, -0.25) is 4.57 Å². The topological polar surface area (TPSA) is 73.6 Å². The number of nitrogens with one attached hydrogen (secondary N) is 1. The summed E-state index contributed by atoms with van der Waals surface area (Å²) < 4.78 is 19.6. The molecule has 3 N–H and O–H groups in total. The summed E-state index contributed by atoms with van der Waals surface area (Å²) in [4.78, 5) is 0. The van der Waals surface area contributed by atoms with Gasteiger partial charge in [-0.25, -0.2) is 0 Å². The van der Waals surface area contributed by atoms with Crippen molar-refractivity contribution >= 4 is 8.25 Å². The van der Waals surface area contributed by atoms with Crippen molar-refractivity contribution in [2.24, 2.45) is 5.73 Å². The van der Waals surface area contributed by atoms with E-state index in [0.717, 1.165) is 26.1 Å². The van der Waals surface area contributed by atoms with E-state index in [1.54, 1.807) is 13.8 Å². The largest absolute Gasteiger partial charge is 0.330 e. The minimum absolute atomic E-state index is 0.456. The Kier molecular flexibility index (Phi) is 19.2. The zero-order valence-electron chi connectivity index (χ0n) is 10.0. The fourth-order valence-electron chi connectivity index (χ4n) is 0.681. The molecule has 15 heavy (non-hydrogen) atoms. The monoisotopic (exact) mass is 240 g/mol. The van der Waals surface area contributed by atoms with E-state index < -0.39 is 8.25 Å². The number of rotatable bonds is 8. The summed E-state index contributed by atoms with van der Waals surface area (Å²) in [5, 5.41) is 3.17. The molecule has 0 radical (unpaired) electrons. The maximum absolute atomic E-state index is 10.4. The van der Waals surface area contributed by atoms with Crippen molar-refractivity contribution in [2.75, 3.05) is 32.8 Å². The summed E-state index contributed by atoms with van der Waals surface area (Å²) in [6.45, 7) is 9.48. The molecule has 0 aliphatic carbocycles. The van der Waals surface area contributed by atoms with Crippen LogP contribution in [0.1, 0.15) is 27.2 Å². The van der Waals surface area contributed by atoms with Crippen molar-refractivity contribution in [3.63, 3.8) is 0 Å². The van der Waals surface area contributed by atoms with Crippen LogP contribution in [-0.4, -0.2) is 32.8 Å². The Hall–Kier alpha value is 0.0700. The van der Waals surface area contributed by atoms with Crippen molar-refractivity contribution in [3.05, 3.63) is 0 Å². The van der Waals surface area contributed by atoms with Crippen molar-refractivity contribution in [1.29, 1.82) is 0 Å². The lowest BCUT2D eigenvalue weighted by molar-refractivity contribution is 0.243. The second-order valence-corrected chi connectivity index (χ2v) is 3.69. The molecule has 0 atom stereocenters. The van der Waals surface area contributed by atoms with Gasteiger partial charge < -0.3 is 20.1 Å². The first-order valence-electron chi connectivity index (χ1n) is 5.43. The average Bonchev–Trinajstić information content (AvgIpc) is 2.20. The molecule has 0 aromatic heterocycles. The van der Waals surface area contributed by atoms with E-state index in [1.165, 1.54) is 0 Å². The highest BCUT2D eigenvalue weighted by molar-refractivity contribution is 7.33. The Morgan fingerprint density at radius 2 is 1.73 bits per heavy atom. The van der Waals surface area contributed by atoms with Gasteiger partial charge >= 0.3 is 8.25 Å². The van der Waals surface area contributed by atoms with Crippen LogP contribution < -0.4 is 11.1 Å². The van der Waals surface area contributed by atoms with Gasteiger partial charge in [-0.2, -0.15) is 0 Å². The normalized spacial score (nSPS) is 9.93. The molecular weight excluding hydrogens is 215 g/mol. The van der Waals surface area contributed by atoms with E-state index in [1.807, 2.05) is 0 Å². The number of hydrogen-bond donors (Lipinski definition) is 2. The molecule has 0 bridgehead atoms. The van der Waals surface area contributed by atoms with Crippen LogP contribution in [0.3, 0.4) is 0 Å². The van der Waals surface area contributed by atoms with Crippen molar-refractivity contribution in [3.8, 4) is 0 Å². The molecule has 0 heterocycles. The quantitative estimate of drug-likeness (QED) is 0.495. The Morgan fingerprint density at radius 3 is 2.07 bits per heavy atom. The first-order chi connectivity index (χ1) is 7.22. The number of nitrogens with two attached hydrogens (primary N) is 1.